The van der Waals surface area contributed by atoms with Gasteiger partial charge in [-0.3, -0.25) is 9.59 Å². The number of aryl methyl sites for hydroxylation is 1. The molecule has 1 N–H and O–H groups in total. The Kier molecular flexibility index (Phi) is 6.86. The fourth-order valence-corrected chi connectivity index (χ4v) is 4.17. The lowest BCUT2D eigenvalue weighted by Crippen LogP contribution is -2.43. The molecule has 1 fully saturated rings. The Hall–Kier alpha value is -3.18. The van der Waals surface area contributed by atoms with Gasteiger partial charge in [-0.2, -0.15) is 0 Å². The molecule has 1 atom stereocenters. The van der Waals surface area contributed by atoms with Crippen molar-refractivity contribution in [3.8, 4) is 0 Å². The minimum absolute atomic E-state index is 0.0101. The van der Waals surface area contributed by atoms with Crippen LogP contribution in [0.4, 0.5) is 5.69 Å². The third-order valence-corrected chi connectivity index (χ3v) is 6.18. The highest BCUT2D eigenvalue weighted by molar-refractivity contribution is 5.95. The molecule has 1 unspecified atom stereocenters. The van der Waals surface area contributed by atoms with E-state index in [-0.39, 0.29) is 30.9 Å². The van der Waals surface area contributed by atoms with Gasteiger partial charge in [0, 0.05) is 18.8 Å². The average molecular weight is 431 g/mol. The predicted molar refractivity (Wildman–Crippen MR) is 128 cm³/mol. The van der Waals surface area contributed by atoms with Gasteiger partial charge >= 0.3 is 0 Å². The first-order chi connectivity index (χ1) is 15.5. The molecule has 0 aromatic heterocycles. The number of rotatable bonds is 7. The van der Waals surface area contributed by atoms with Crippen molar-refractivity contribution in [3.63, 3.8) is 0 Å². The molecule has 5 nitrogen and oxygen atoms in total. The number of carbonyl (C=O) groups excluding carboxylic acids is 2. The van der Waals surface area contributed by atoms with Gasteiger partial charge in [0.15, 0.2) is 0 Å². The number of benzene rings is 3. The first kappa shape index (κ1) is 22.0. The van der Waals surface area contributed by atoms with Crippen molar-refractivity contribution in [2.45, 2.75) is 39.2 Å². The Morgan fingerprint density at radius 3 is 2.62 bits per heavy atom. The predicted octanol–water partition coefficient (Wildman–Crippen LogP) is 4.65. The van der Waals surface area contributed by atoms with Crippen LogP contribution >= 0.6 is 0 Å². The second-order valence-electron chi connectivity index (χ2n) is 8.56. The SMILES string of the molecule is Cc1cccc(NC(=O)CN(CC2CCCO2)C(=O)Cc2ccc3ccccc3c2)c1C. The van der Waals surface area contributed by atoms with Gasteiger partial charge in [-0.05, 0) is 60.2 Å². The molecule has 0 aliphatic carbocycles. The van der Waals surface area contributed by atoms with Crippen molar-refractivity contribution in [3.05, 3.63) is 77.4 Å². The summed E-state index contributed by atoms with van der Waals surface area (Å²) in [5.74, 6) is -0.254. The number of fused-ring (bicyclic) bond motifs is 1. The Balaban J connectivity index is 1.47. The van der Waals surface area contributed by atoms with Crippen molar-refractivity contribution in [1.29, 1.82) is 0 Å². The molecule has 3 aromatic carbocycles. The molecule has 166 valence electrons. The molecule has 1 aliphatic rings. The lowest BCUT2D eigenvalue weighted by molar-refractivity contribution is -0.135. The van der Waals surface area contributed by atoms with Crippen LogP contribution in [0.3, 0.4) is 0 Å². The summed E-state index contributed by atoms with van der Waals surface area (Å²) in [6.07, 6.45) is 2.16. The summed E-state index contributed by atoms with van der Waals surface area (Å²) in [4.78, 5) is 27.7. The summed E-state index contributed by atoms with van der Waals surface area (Å²) in [7, 11) is 0. The van der Waals surface area contributed by atoms with Gasteiger partial charge in [-0.1, -0.05) is 54.6 Å². The van der Waals surface area contributed by atoms with Gasteiger partial charge < -0.3 is 15.0 Å². The van der Waals surface area contributed by atoms with Crippen LogP contribution in [0.1, 0.15) is 29.5 Å². The number of hydrogen-bond donors (Lipinski definition) is 1. The number of carbonyl (C=O) groups is 2. The van der Waals surface area contributed by atoms with Crippen LogP contribution in [0.5, 0.6) is 0 Å². The van der Waals surface area contributed by atoms with Crippen molar-refractivity contribution < 1.29 is 14.3 Å². The summed E-state index contributed by atoms with van der Waals surface area (Å²) in [6, 6.07) is 20.0. The van der Waals surface area contributed by atoms with E-state index in [2.05, 4.69) is 11.4 Å². The monoisotopic (exact) mass is 430 g/mol. The van der Waals surface area contributed by atoms with Crippen LogP contribution in [0.25, 0.3) is 10.8 Å². The van der Waals surface area contributed by atoms with Crippen LogP contribution in [0.2, 0.25) is 0 Å². The van der Waals surface area contributed by atoms with Crippen molar-refractivity contribution in [2.24, 2.45) is 0 Å². The molecular weight excluding hydrogens is 400 g/mol. The summed E-state index contributed by atoms with van der Waals surface area (Å²) >= 11 is 0. The quantitative estimate of drug-likeness (QED) is 0.594. The van der Waals surface area contributed by atoms with Crippen LogP contribution in [0.15, 0.2) is 60.7 Å². The molecule has 32 heavy (non-hydrogen) atoms. The molecule has 2 amide bonds. The number of anilines is 1. The van der Waals surface area contributed by atoms with Crippen LogP contribution in [-0.4, -0.2) is 42.5 Å². The largest absolute Gasteiger partial charge is 0.376 e. The highest BCUT2D eigenvalue weighted by atomic mass is 16.5. The molecule has 0 spiro atoms. The van der Waals surface area contributed by atoms with Gasteiger partial charge in [0.1, 0.15) is 0 Å². The van der Waals surface area contributed by atoms with E-state index in [0.717, 1.165) is 46.0 Å². The Bertz CT molecular complexity index is 1120. The normalized spacial score (nSPS) is 15.6. The molecule has 1 aliphatic heterocycles. The molecule has 1 saturated heterocycles. The van der Waals surface area contributed by atoms with E-state index in [9.17, 15) is 9.59 Å². The zero-order valence-corrected chi connectivity index (χ0v) is 18.8. The number of nitrogens with one attached hydrogen (secondary N) is 1. The maximum absolute atomic E-state index is 13.2. The molecule has 1 heterocycles. The van der Waals surface area contributed by atoms with Gasteiger partial charge in [0.2, 0.25) is 11.8 Å². The molecule has 0 bridgehead atoms. The zero-order chi connectivity index (χ0) is 22.5. The van der Waals surface area contributed by atoms with E-state index in [1.54, 1.807) is 4.90 Å². The van der Waals surface area contributed by atoms with Crippen LogP contribution < -0.4 is 5.32 Å². The Morgan fingerprint density at radius 2 is 1.84 bits per heavy atom. The topological polar surface area (TPSA) is 58.6 Å². The van der Waals surface area contributed by atoms with Gasteiger partial charge in [0.05, 0.1) is 19.1 Å². The van der Waals surface area contributed by atoms with E-state index >= 15 is 0 Å². The second-order valence-corrected chi connectivity index (χ2v) is 8.56. The first-order valence-corrected chi connectivity index (χ1v) is 11.2. The number of nitrogens with zero attached hydrogens (tertiary/aromatic N) is 1. The highest BCUT2D eigenvalue weighted by Gasteiger charge is 2.24. The number of hydrogen-bond acceptors (Lipinski definition) is 3. The van der Waals surface area contributed by atoms with Gasteiger partial charge in [-0.25, -0.2) is 0 Å². The molecular formula is C27H30N2O3. The molecule has 4 rings (SSSR count). The third kappa shape index (κ3) is 5.35. The van der Waals surface area contributed by atoms with E-state index < -0.39 is 0 Å². The number of amides is 2. The third-order valence-electron chi connectivity index (χ3n) is 6.18. The Labute approximate surface area is 189 Å². The van der Waals surface area contributed by atoms with E-state index in [1.807, 2.05) is 68.4 Å². The number of ether oxygens (including phenoxy) is 1. The molecule has 3 aromatic rings. The van der Waals surface area contributed by atoms with Crippen LogP contribution in [-0.2, 0) is 20.7 Å². The van der Waals surface area contributed by atoms with Crippen molar-refractivity contribution in [1.82, 2.24) is 4.90 Å². The maximum atomic E-state index is 13.2. The summed E-state index contributed by atoms with van der Waals surface area (Å²) in [5, 5.41) is 5.23. The minimum Gasteiger partial charge on any atom is -0.376 e. The van der Waals surface area contributed by atoms with Gasteiger partial charge in [0.25, 0.3) is 0 Å². The second kappa shape index (κ2) is 9.96. The average Bonchev–Trinajstić information content (AvgIpc) is 3.29. The minimum atomic E-state index is -0.191. The zero-order valence-electron chi connectivity index (χ0n) is 18.8. The van der Waals surface area contributed by atoms with E-state index in [0.29, 0.717) is 13.2 Å². The maximum Gasteiger partial charge on any atom is 0.244 e. The fraction of sp³-hybridized carbons (Fsp3) is 0.333. The smallest absolute Gasteiger partial charge is 0.244 e. The fourth-order valence-electron chi connectivity index (χ4n) is 4.17. The lowest BCUT2D eigenvalue weighted by Gasteiger charge is -2.25. The van der Waals surface area contributed by atoms with E-state index in [1.165, 1.54) is 0 Å². The first-order valence-electron chi connectivity index (χ1n) is 11.2. The van der Waals surface area contributed by atoms with Gasteiger partial charge in [-0.15, -0.1) is 0 Å². The summed E-state index contributed by atoms with van der Waals surface area (Å²) in [6.45, 7) is 5.17. The summed E-state index contributed by atoms with van der Waals surface area (Å²) in [5.41, 5.74) is 3.88. The molecule has 5 heteroatoms. The summed E-state index contributed by atoms with van der Waals surface area (Å²) < 4.78 is 5.75. The standard InChI is InChI=1S/C27H30N2O3/c1-19-7-5-11-25(20(19)2)28-26(30)18-29(17-24-10-6-14-32-24)27(31)16-21-12-13-22-8-3-4-9-23(22)15-21/h3-5,7-9,11-13,15,24H,6,10,14,16-18H2,1-2H3,(H,28,30). The van der Waals surface area contributed by atoms with E-state index in [4.69, 9.17) is 4.74 Å². The van der Waals surface area contributed by atoms with Crippen molar-refractivity contribution in [2.75, 3.05) is 25.0 Å². The Morgan fingerprint density at radius 1 is 1.03 bits per heavy atom. The molecule has 0 radical (unpaired) electrons. The van der Waals surface area contributed by atoms with Crippen molar-refractivity contribution >= 4 is 28.3 Å². The highest BCUT2D eigenvalue weighted by Crippen LogP contribution is 2.20. The molecule has 0 saturated carbocycles. The lowest BCUT2D eigenvalue weighted by atomic mass is 10.0. The van der Waals surface area contributed by atoms with Crippen LogP contribution in [0, 0.1) is 13.8 Å².